The van der Waals surface area contributed by atoms with E-state index in [0.29, 0.717) is 12.1 Å². The molecule has 2 aromatic rings. The average Bonchev–Trinajstić information content (AvgIpc) is 3.21. The standard InChI is InChI=1S/C28H33N3O5S/c1-5-17(2)15-31-27(36)24-28(31,4)37-16-30(24)26(35)23(33)21(14-19-10-7-6-8-11-19)29-25(34)20-12-9-13-22(32)18(20)3/h5-13,21,23-24,32-33H,14-16H2,1-4H3,(H,29,34)/t21-,23-,24+,28?/m0/s1. The first-order valence-electron chi connectivity index (χ1n) is 12.3. The lowest BCUT2D eigenvalue weighted by atomic mass is 9.92. The molecule has 0 spiro atoms. The molecule has 2 aliphatic heterocycles. The van der Waals surface area contributed by atoms with E-state index < -0.39 is 34.9 Å². The maximum Gasteiger partial charge on any atom is 0.255 e. The SMILES string of the molecule is CC=C(C)CN1C(=O)[C@H]2N(C(=O)[C@@H](O)[C@H](Cc3ccccc3)NC(=O)c3cccc(O)c3C)CSC21C. The number of allylic oxidation sites excluding steroid dienone is 1. The Bertz CT molecular complexity index is 1230. The number of fused-ring (bicyclic) bond motifs is 1. The largest absolute Gasteiger partial charge is 0.508 e. The zero-order chi connectivity index (χ0) is 26.9. The Balaban J connectivity index is 1.55. The Kier molecular flexibility index (Phi) is 7.66. The number of β-lactam (4-membered cyclic amide) rings is 1. The number of carbonyl (C=O) groups excluding carboxylic acids is 3. The molecule has 9 heteroatoms. The van der Waals surface area contributed by atoms with Crippen molar-refractivity contribution in [2.75, 3.05) is 12.4 Å². The van der Waals surface area contributed by atoms with Crippen molar-refractivity contribution in [2.45, 2.75) is 57.2 Å². The summed E-state index contributed by atoms with van der Waals surface area (Å²) in [6.07, 6.45) is 0.603. The van der Waals surface area contributed by atoms with Crippen LogP contribution in [-0.4, -0.2) is 73.2 Å². The third-order valence-corrected chi connectivity index (χ3v) is 8.77. The van der Waals surface area contributed by atoms with Gasteiger partial charge in [0.2, 0.25) is 5.91 Å². The van der Waals surface area contributed by atoms with Gasteiger partial charge in [-0.25, -0.2) is 0 Å². The van der Waals surface area contributed by atoms with Gasteiger partial charge in [0.25, 0.3) is 11.8 Å². The molecule has 2 fully saturated rings. The van der Waals surface area contributed by atoms with Gasteiger partial charge in [0.1, 0.15) is 16.7 Å². The number of hydrogen-bond donors (Lipinski definition) is 3. The molecule has 1 unspecified atom stereocenters. The van der Waals surface area contributed by atoms with Crippen LogP contribution in [0, 0.1) is 6.92 Å². The number of nitrogens with zero attached hydrogens (tertiary/aromatic N) is 2. The normalized spacial score (nSPS) is 22.8. The summed E-state index contributed by atoms with van der Waals surface area (Å²) in [5, 5.41) is 24.1. The maximum absolute atomic E-state index is 13.6. The van der Waals surface area contributed by atoms with E-state index in [0.717, 1.165) is 11.1 Å². The topological polar surface area (TPSA) is 110 Å². The molecule has 3 N–H and O–H groups in total. The number of aliphatic hydroxyl groups excluding tert-OH is 1. The molecule has 3 amide bonds. The summed E-state index contributed by atoms with van der Waals surface area (Å²) in [4.78, 5) is 42.4. The number of phenolic OH excluding ortho intramolecular Hbond substituents is 1. The molecule has 2 heterocycles. The summed E-state index contributed by atoms with van der Waals surface area (Å²) in [6, 6.07) is 12.3. The van der Waals surface area contributed by atoms with Gasteiger partial charge in [-0.2, -0.15) is 0 Å². The van der Waals surface area contributed by atoms with Crippen LogP contribution in [0.2, 0.25) is 0 Å². The Morgan fingerprint density at radius 1 is 1.22 bits per heavy atom. The van der Waals surface area contributed by atoms with Crippen LogP contribution < -0.4 is 5.32 Å². The number of likely N-dealkylation sites (tertiary alicyclic amines) is 1. The van der Waals surface area contributed by atoms with E-state index in [1.165, 1.54) is 22.7 Å². The van der Waals surface area contributed by atoms with E-state index in [1.54, 1.807) is 24.0 Å². The number of benzene rings is 2. The number of amides is 3. The van der Waals surface area contributed by atoms with Gasteiger partial charge in [0.05, 0.1) is 11.9 Å². The van der Waals surface area contributed by atoms with Crippen LogP contribution >= 0.6 is 11.8 Å². The average molecular weight is 524 g/mol. The Morgan fingerprint density at radius 3 is 2.59 bits per heavy atom. The second-order valence-electron chi connectivity index (χ2n) is 9.76. The molecule has 8 nitrogen and oxygen atoms in total. The fourth-order valence-electron chi connectivity index (χ4n) is 4.86. The molecule has 0 saturated carbocycles. The predicted molar refractivity (Wildman–Crippen MR) is 143 cm³/mol. The first-order chi connectivity index (χ1) is 17.6. The fraction of sp³-hybridized carbons (Fsp3) is 0.393. The van der Waals surface area contributed by atoms with E-state index in [2.05, 4.69) is 5.32 Å². The van der Waals surface area contributed by atoms with Crippen molar-refractivity contribution in [1.82, 2.24) is 15.1 Å². The summed E-state index contributed by atoms with van der Waals surface area (Å²) >= 11 is 1.50. The minimum absolute atomic E-state index is 0.0153. The zero-order valence-electron chi connectivity index (χ0n) is 21.5. The van der Waals surface area contributed by atoms with Gasteiger partial charge >= 0.3 is 0 Å². The summed E-state index contributed by atoms with van der Waals surface area (Å²) in [5.41, 5.74) is 2.56. The fourth-order valence-corrected chi connectivity index (χ4v) is 6.24. The van der Waals surface area contributed by atoms with Crippen molar-refractivity contribution in [2.24, 2.45) is 0 Å². The minimum atomic E-state index is -1.57. The number of nitrogens with one attached hydrogen (secondary N) is 1. The smallest absolute Gasteiger partial charge is 0.255 e. The first-order valence-corrected chi connectivity index (χ1v) is 13.3. The van der Waals surface area contributed by atoms with Gasteiger partial charge in [-0.15, -0.1) is 11.8 Å². The molecule has 196 valence electrons. The number of aliphatic hydroxyl groups is 1. The van der Waals surface area contributed by atoms with Crippen LogP contribution in [0.5, 0.6) is 5.75 Å². The molecule has 4 rings (SSSR count). The Morgan fingerprint density at radius 2 is 1.92 bits per heavy atom. The van der Waals surface area contributed by atoms with Crippen molar-refractivity contribution < 1.29 is 24.6 Å². The highest BCUT2D eigenvalue weighted by atomic mass is 32.2. The third kappa shape index (κ3) is 4.98. The van der Waals surface area contributed by atoms with Crippen molar-refractivity contribution in [3.05, 3.63) is 76.9 Å². The van der Waals surface area contributed by atoms with E-state index >= 15 is 0 Å². The van der Waals surface area contributed by atoms with Crippen molar-refractivity contribution in [3.63, 3.8) is 0 Å². The molecule has 2 aliphatic rings. The highest BCUT2D eigenvalue weighted by Gasteiger charge is 2.65. The van der Waals surface area contributed by atoms with E-state index in [9.17, 15) is 24.6 Å². The lowest BCUT2D eigenvalue weighted by molar-refractivity contribution is -0.166. The second-order valence-corrected chi connectivity index (χ2v) is 11.1. The van der Waals surface area contributed by atoms with E-state index in [-0.39, 0.29) is 29.5 Å². The van der Waals surface area contributed by atoms with Crippen molar-refractivity contribution in [3.8, 4) is 5.75 Å². The van der Waals surface area contributed by atoms with E-state index in [1.807, 2.05) is 57.2 Å². The van der Waals surface area contributed by atoms with Gasteiger partial charge in [-0.05, 0) is 51.8 Å². The molecular weight excluding hydrogens is 490 g/mol. The van der Waals surface area contributed by atoms with Gasteiger partial charge in [-0.1, -0.05) is 48.0 Å². The number of thioether (sulfide) groups is 1. The van der Waals surface area contributed by atoms with Gasteiger partial charge < -0.3 is 25.3 Å². The predicted octanol–water partition coefficient (Wildman–Crippen LogP) is 2.83. The highest BCUT2D eigenvalue weighted by molar-refractivity contribution is 8.01. The third-order valence-electron chi connectivity index (χ3n) is 7.33. The van der Waals surface area contributed by atoms with Crippen LogP contribution in [0.4, 0.5) is 0 Å². The van der Waals surface area contributed by atoms with Gasteiger partial charge in [0.15, 0.2) is 6.10 Å². The van der Waals surface area contributed by atoms with E-state index in [4.69, 9.17) is 0 Å². The molecule has 37 heavy (non-hydrogen) atoms. The summed E-state index contributed by atoms with van der Waals surface area (Å²) < 4.78 is 0. The van der Waals surface area contributed by atoms with Crippen LogP contribution in [0.25, 0.3) is 0 Å². The number of rotatable bonds is 8. The van der Waals surface area contributed by atoms with Gasteiger partial charge in [-0.3, -0.25) is 14.4 Å². The summed E-state index contributed by atoms with van der Waals surface area (Å²) in [7, 11) is 0. The number of carbonyl (C=O) groups is 3. The molecule has 0 bridgehead atoms. The summed E-state index contributed by atoms with van der Waals surface area (Å²) in [6.45, 7) is 7.95. The maximum atomic E-state index is 13.6. The molecule has 0 aromatic heterocycles. The Labute approximate surface area is 221 Å². The molecular formula is C28H33N3O5S. The highest BCUT2D eigenvalue weighted by Crippen LogP contribution is 2.50. The summed E-state index contributed by atoms with van der Waals surface area (Å²) in [5.74, 6) is -0.988. The molecule has 0 radical (unpaired) electrons. The minimum Gasteiger partial charge on any atom is -0.508 e. The van der Waals surface area contributed by atoms with Gasteiger partial charge in [0, 0.05) is 17.7 Å². The van der Waals surface area contributed by atoms with Crippen molar-refractivity contribution in [1.29, 1.82) is 0 Å². The molecule has 4 atom stereocenters. The van der Waals surface area contributed by atoms with Crippen LogP contribution in [-0.2, 0) is 16.0 Å². The number of hydrogen-bond acceptors (Lipinski definition) is 6. The molecule has 2 saturated heterocycles. The molecule has 0 aliphatic carbocycles. The van der Waals surface area contributed by atoms with Crippen LogP contribution in [0.3, 0.4) is 0 Å². The van der Waals surface area contributed by atoms with Crippen LogP contribution in [0.1, 0.15) is 42.3 Å². The number of aromatic hydroxyl groups is 1. The van der Waals surface area contributed by atoms with Crippen LogP contribution in [0.15, 0.2) is 60.2 Å². The second kappa shape index (κ2) is 10.6. The Hall–Kier alpha value is -3.30. The number of phenols is 1. The quantitative estimate of drug-likeness (QED) is 0.363. The van der Waals surface area contributed by atoms with Crippen molar-refractivity contribution >= 4 is 29.5 Å². The zero-order valence-corrected chi connectivity index (χ0v) is 22.3. The first kappa shape index (κ1) is 26.8. The monoisotopic (exact) mass is 523 g/mol. The lowest BCUT2D eigenvalue weighted by Gasteiger charge is -2.53. The molecule has 2 aromatic carbocycles. The lowest BCUT2D eigenvalue weighted by Crippen LogP contribution is -2.74.